The van der Waals surface area contributed by atoms with Crippen LogP contribution in [-0.2, 0) is 4.57 Å². The van der Waals surface area contributed by atoms with Crippen LogP contribution in [0.1, 0.15) is 27.0 Å². The van der Waals surface area contributed by atoms with E-state index in [1.165, 1.54) is 12.1 Å². The number of phosphoric acid groups is 1. The Kier molecular flexibility index (Phi) is 5.45. The second-order valence-electron chi connectivity index (χ2n) is 6.19. The molecule has 0 aliphatic heterocycles. The highest BCUT2D eigenvalue weighted by atomic mass is 31.2. The van der Waals surface area contributed by atoms with Crippen molar-refractivity contribution in [1.29, 1.82) is 0 Å². The Hall–Kier alpha value is -2.88. The average molecular weight is 382 g/mol. The fraction of sp³-hybridized carbons (Fsp3) is 0.0952. The van der Waals surface area contributed by atoms with Gasteiger partial charge >= 0.3 is 7.82 Å². The smallest absolute Gasteiger partial charge is 0.395 e. The SMILES string of the molecule is Cc1cc(C)cc(C(=O)c2ccc(OP(=O)(O)Oc3ccccc3)cc2)c1. The van der Waals surface area contributed by atoms with Crippen molar-refractivity contribution in [3.05, 3.63) is 95.1 Å². The minimum absolute atomic E-state index is 0.124. The van der Waals surface area contributed by atoms with Gasteiger partial charge in [0.25, 0.3) is 0 Å². The third-order valence-electron chi connectivity index (χ3n) is 3.79. The molecule has 3 aromatic carbocycles. The summed E-state index contributed by atoms with van der Waals surface area (Å²) in [5.41, 5.74) is 3.08. The highest BCUT2D eigenvalue weighted by Crippen LogP contribution is 2.44. The number of ketones is 1. The van der Waals surface area contributed by atoms with Gasteiger partial charge < -0.3 is 9.05 Å². The molecule has 0 spiro atoms. The molecule has 3 rings (SSSR count). The van der Waals surface area contributed by atoms with Gasteiger partial charge in [0.2, 0.25) is 0 Å². The van der Waals surface area contributed by atoms with Gasteiger partial charge in [-0.15, -0.1) is 0 Å². The standard InChI is InChI=1S/C21H19O5P/c1-15-12-16(2)14-18(13-15)21(22)17-8-10-20(11-9-17)26-27(23,24)25-19-6-4-3-5-7-19/h3-14H,1-2H3,(H,23,24). The molecule has 1 unspecified atom stereocenters. The lowest BCUT2D eigenvalue weighted by molar-refractivity contribution is 0.103. The largest absolute Gasteiger partial charge is 0.584 e. The molecule has 6 heteroatoms. The molecule has 138 valence electrons. The van der Waals surface area contributed by atoms with Crippen LogP contribution < -0.4 is 9.05 Å². The van der Waals surface area contributed by atoms with Gasteiger partial charge in [-0.3, -0.25) is 9.69 Å². The molecular weight excluding hydrogens is 363 g/mol. The first kappa shape index (κ1) is 18.9. The van der Waals surface area contributed by atoms with E-state index in [9.17, 15) is 14.3 Å². The number of rotatable bonds is 6. The normalized spacial score (nSPS) is 12.9. The summed E-state index contributed by atoms with van der Waals surface area (Å²) < 4.78 is 22.2. The van der Waals surface area contributed by atoms with E-state index >= 15 is 0 Å². The second kappa shape index (κ2) is 7.78. The first-order chi connectivity index (χ1) is 12.8. The Morgan fingerprint density at radius 2 is 1.30 bits per heavy atom. The van der Waals surface area contributed by atoms with Crippen LogP contribution >= 0.6 is 7.82 Å². The first-order valence-electron chi connectivity index (χ1n) is 8.32. The number of hydrogen-bond acceptors (Lipinski definition) is 4. The number of carbonyl (C=O) groups is 1. The third-order valence-corrected chi connectivity index (χ3v) is 4.67. The molecule has 0 bridgehead atoms. The van der Waals surface area contributed by atoms with Gasteiger partial charge in [0.05, 0.1) is 0 Å². The maximum atomic E-state index is 12.6. The summed E-state index contributed by atoms with van der Waals surface area (Å²) in [5, 5.41) is 0. The molecule has 0 aliphatic rings. The van der Waals surface area contributed by atoms with Crippen molar-refractivity contribution in [2.75, 3.05) is 0 Å². The van der Waals surface area contributed by atoms with Crippen LogP contribution in [0, 0.1) is 13.8 Å². The van der Waals surface area contributed by atoms with Gasteiger partial charge in [0, 0.05) is 11.1 Å². The molecule has 1 atom stereocenters. The summed E-state index contributed by atoms with van der Waals surface area (Å²) in [5.74, 6) is 0.236. The number of para-hydroxylation sites is 1. The summed E-state index contributed by atoms with van der Waals surface area (Å²) in [6.45, 7) is 3.87. The number of phosphoric ester groups is 1. The van der Waals surface area contributed by atoms with Crippen molar-refractivity contribution in [1.82, 2.24) is 0 Å². The van der Waals surface area contributed by atoms with Crippen molar-refractivity contribution < 1.29 is 23.3 Å². The van der Waals surface area contributed by atoms with Crippen molar-refractivity contribution in [3.8, 4) is 11.5 Å². The molecule has 0 saturated carbocycles. The van der Waals surface area contributed by atoms with E-state index in [4.69, 9.17) is 9.05 Å². The van der Waals surface area contributed by atoms with Crippen molar-refractivity contribution in [2.24, 2.45) is 0 Å². The summed E-state index contributed by atoms with van der Waals surface area (Å²) >= 11 is 0. The molecular formula is C21H19O5P. The molecule has 5 nitrogen and oxygen atoms in total. The summed E-state index contributed by atoms with van der Waals surface area (Å²) in [7, 11) is -4.33. The topological polar surface area (TPSA) is 72.8 Å². The van der Waals surface area contributed by atoms with E-state index in [0.29, 0.717) is 11.1 Å². The van der Waals surface area contributed by atoms with Crippen LogP contribution in [0.3, 0.4) is 0 Å². The van der Waals surface area contributed by atoms with Gasteiger partial charge in [-0.05, 0) is 62.4 Å². The summed E-state index contributed by atoms with van der Waals surface area (Å²) in [6.07, 6.45) is 0. The maximum Gasteiger partial charge on any atom is 0.584 e. The number of aryl methyl sites for hydroxylation is 2. The molecule has 0 amide bonds. The lowest BCUT2D eigenvalue weighted by Gasteiger charge is -2.14. The average Bonchev–Trinajstić information content (AvgIpc) is 2.61. The van der Waals surface area contributed by atoms with Crippen LogP contribution in [0.15, 0.2) is 72.8 Å². The molecule has 0 aliphatic carbocycles. The molecule has 0 aromatic heterocycles. The van der Waals surface area contributed by atoms with Crippen LogP contribution in [0.4, 0.5) is 0 Å². The fourth-order valence-electron chi connectivity index (χ4n) is 2.71. The van der Waals surface area contributed by atoms with E-state index < -0.39 is 7.82 Å². The predicted molar refractivity (Wildman–Crippen MR) is 103 cm³/mol. The van der Waals surface area contributed by atoms with E-state index in [1.54, 1.807) is 42.5 Å². The summed E-state index contributed by atoms with van der Waals surface area (Å²) in [6, 6.07) is 19.9. The molecule has 3 aromatic rings. The van der Waals surface area contributed by atoms with Gasteiger partial charge in [0.1, 0.15) is 11.5 Å². The second-order valence-corrected chi connectivity index (χ2v) is 7.50. The Morgan fingerprint density at radius 3 is 1.85 bits per heavy atom. The molecule has 0 heterocycles. The highest BCUT2D eigenvalue weighted by molar-refractivity contribution is 7.48. The zero-order chi connectivity index (χ0) is 19.4. The highest BCUT2D eigenvalue weighted by Gasteiger charge is 2.25. The summed E-state index contributed by atoms with van der Waals surface area (Å²) in [4.78, 5) is 22.5. The zero-order valence-corrected chi connectivity index (χ0v) is 15.9. The van der Waals surface area contributed by atoms with Crippen LogP contribution in [0.2, 0.25) is 0 Å². The maximum absolute atomic E-state index is 12.6. The minimum atomic E-state index is -4.33. The van der Waals surface area contributed by atoms with Gasteiger partial charge in [-0.2, -0.15) is 0 Å². The van der Waals surface area contributed by atoms with E-state index in [-0.39, 0.29) is 17.3 Å². The van der Waals surface area contributed by atoms with Gasteiger partial charge in [-0.1, -0.05) is 35.4 Å². The predicted octanol–water partition coefficient (Wildman–Crippen LogP) is 5.09. The van der Waals surface area contributed by atoms with Gasteiger partial charge in [0.15, 0.2) is 5.78 Å². The molecule has 0 fully saturated rings. The van der Waals surface area contributed by atoms with Crippen LogP contribution in [-0.4, -0.2) is 10.7 Å². The number of hydrogen-bond donors (Lipinski definition) is 1. The third kappa shape index (κ3) is 5.07. The van der Waals surface area contributed by atoms with E-state index in [2.05, 4.69) is 0 Å². The van der Waals surface area contributed by atoms with E-state index in [0.717, 1.165) is 11.1 Å². The number of benzene rings is 3. The van der Waals surface area contributed by atoms with E-state index in [1.807, 2.05) is 32.0 Å². The lowest BCUT2D eigenvalue weighted by Crippen LogP contribution is -2.03. The fourth-order valence-corrected chi connectivity index (χ4v) is 3.52. The molecule has 0 saturated heterocycles. The lowest BCUT2D eigenvalue weighted by atomic mass is 9.99. The Bertz CT molecular complexity index is 977. The molecule has 0 radical (unpaired) electrons. The Morgan fingerprint density at radius 1 is 0.778 bits per heavy atom. The van der Waals surface area contributed by atoms with Gasteiger partial charge in [-0.25, -0.2) is 4.57 Å². The zero-order valence-electron chi connectivity index (χ0n) is 15.0. The quantitative estimate of drug-likeness (QED) is 0.475. The number of carbonyl (C=O) groups excluding carboxylic acids is 1. The van der Waals surface area contributed by atoms with Crippen LogP contribution in [0.5, 0.6) is 11.5 Å². The molecule has 1 N–H and O–H groups in total. The minimum Gasteiger partial charge on any atom is -0.395 e. The van der Waals surface area contributed by atoms with Crippen molar-refractivity contribution in [2.45, 2.75) is 13.8 Å². The van der Waals surface area contributed by atoms with Crippen molar-refractivity contribution >= 4 is 13.6 Å². The Labute approximate surface area is 157 Å². The van der Waals surface area contributed by atoms with Crippen LogP contribution in [0.25, 0.3) is 0 Å². The van der Waals surface area contributed by atoms with Crippen molar-refractivity contribution in [3.63, 3.8) is 0 Å². The monoisotopic (exact) mass is 382 g/mol. The molecule has 27 heavy (non-hydrogen) atoms. The first-order valence-corrected chi connectivity index (χ1v) is 9.82. The Balaban J connectivity index is 1.73.